The first kappa shape index (κ1) is 23.2. The summed E-state index contributed by atoms with van der Waals surface area (Å²) in [4.78, 5) is 18.2. The van der Waals surface area contributed by atoms with E-state index in [1.807, 2.05) is 35.1 Å². The number of benzene rings is 2. The van der Waals surface area contributed by atoms with Crippen LogP contribution in [0.15, 0.2) is 54.9 Å². The molecule has 0 N–H and O–H groups in total. The highest BCUT2D eigenvalue weighted by Gasteiger charge is 2.32. The molecule has 3 aromatic heterocycles. The Hall–Kier alpha value is -4.21. The van der Waals surface area contributed by atoms with Crippen molar-refractivity contribution in [2.45, 2.75) is 38.9 Å². The monoisotopic (exact) mass is 504 g/mol. The zero-order chi connectivity index (χ0) is 25.9. The van der Waals surface area contributed by atoms with Gasteiger partial charge in [-0.05, 0) is 56.5 Å². The number of hydrogen-bond acceptors (Lipinski definition) is 5. The Balaban J connectivity index is 1.51. The van der Waals surface area contributed by atoms with Crippen molar-refractivity contribution in [3.63, 3.8) is 0 Å². The van der Waals surface area contributed by atoms with Crippen molar-refractivity contribution < 1.29 is 17.6 Å². The van der Waals surface area contributed by atoms with Gasteiger partial charge in [0, 0.05) is 22.9 Å². The van der Waals surface area contributed by atoms with Crippen molar-refractivity contribution in [2.75, 3.05) is 0 Å². The SMILES string of the molecule is Cc1nc2nc(-c3cccc(-c4cnn(C5CC5)c4)c3)nc(-c3ccc(C(F)(F)F)cc3F)c2nc1C. The number of alkyl halides is 3. The molecular weight excluding hydrogens is 484 g/mol. The van der Waals surface area contributed by atoms with E-state index in [0.717, 1.165) is 36.1 Å². The molecule has 3 heterocycles. The molecule has 0 atom stereocenters. The largest absolute Gasteiger partial charge is 0.416 e. The average Bonchev–Trinajstić information content (AvgIpc) is 3.60. The first-order chi connectivity index (χ1) is 17.7. The van der Waals surface area contributed by atoms with Crippen molar-refractivity contribution >= 4 is 11.2 Å². The summed E-state index contributed by atoms with van der Waals surface area (Å²) >= 11 is 0. The summed E-state index contributed by atoms with van der Waals surface area (Å²) in [5.74, 6) is -0.794. The van der Waals surface area contributed by atoms with Crippen LogP contribution in [0.2, 0.25) is 0 Å². The fourth-order valence-corrected chi connectivity index (χ4v) is 4.18. The van der Waals surface area contributed by atoms with Crippen LogP contribution in [0.4, 0.5) is 17.6 Å². The van der Waals surface area contributed by atoms with Gasteiger partial charge in [-0.1, -0.05) is 18.2 Å². The second-order valence-corrected chi connectivity index (χ2v) is 9.18. The number of rotatable bonds is 4. The number of hydrogen-bond donors (Lipinski definition) is 0. The summed E-state index contributed by atoms with van der Waals surface area (Å²) < 4.78 is 56.4. The number of aromatic nitrogens is 6. The lowest BCUT2D eigenvalue weighted by molar-refractivity contribution is -0.137. The zero-order valence-electron chi connectivity index (χ0n) is 19.9. The molecule has 6 rings (SSSR count). The molecule has 2 aromatic carbocycles. The van der Waals surface area contributed by atoms with E-state index in [9.17, 15) is 13.2 Å². The predicted octanol–water partition coefficient (Wildman–Crippen LogP) is 6.73. The molecule has 37 heavy (non-hydrogen) atoms. The summed E-state index contributed by atoms with van der Waals surface area (Å²) in [5.41, 5.74) is 3.05. The van der Waals surface area contributed by atoms with Crippen LogP contribution in [0.1, 0.15) is 35.8 Å². The first-order valence-electron chi connectivity index (χ1n) is 11.7. The van der Waals surface area contributed by atoms with Crippen LogP contribution in [0.3, 0.4) is 0 Å². The van der Waals surface area contributed by atoms with Gasteiger partial charge in [-0.25, -0.2) is 24.3 Å². The Morgan fingerprint density at radius 3 is 2.35 bits per heavy atom. The van der Waals surface area contributed by atoms with Crippen molar-refractivity contribution in [1.29, 1.82) is 0 Å². The topological polar surface area (TPSA) is 69.4 Å². The smallest absolute Gasteiger partial charge is 0.269 e. The number of halogens is 4. The van der Waals surface area contributed by atoms with Gasteiger partial charge in [0.25, 0.3) is 0 Å². The molecule has 0 spiro atoms. The maximum atomic E-state index is 15.0. The van der Waals surface area contributed by atoms with E-state index in [2.05, 4.69) is 25.0 Å². The van der Waals surface area contributed by atoms with Crippen LogP contribution >= 0.6 is 0 Å². The third-order valence-electron chi connectivity index (χ3n) is 6.47. The van der Waals surface area contributed by atoms with E-state index >= 15 is 4.39 Å². The summed E-state index contributed by atoms with van der Waals surface area (Å²) in [6.07, 6.45) is 1.38. The molecule has 1 fully saturated rings. The third kappa shape index (κ3) is 4.32. The predicted molar refractivity (Wildman–Crippen MR) is 130 cm³/mol. The molecule has 1 aliphatic carbocycles. The van der Waals surface area contributed by atoms with Gasteiger partial charge < -0.3 is 0 Å². The fraction of sp³-hybridized carbons (Fsp3) is 0.222. The Labute approximate surface area is 209 Å². The molecule has 0 amide bonds. The molecule has 0 unspecified atom stereocenters. The van der Waals surface area contributed by atoms with Gasteiger partial charge in [0.05, 0.1) is 29.2 Å². The third-order valence-corrected chi connectivity index (χ3v) is 6.47. The van der Waals surface area contributed by atoms with Crippen LogP contribution in [-0.4, -0.2) is 29.7 Å². The molecule has 1 aliphatic rings. The van der Waals surface area contributed by atoms with Crippen molar-refractivity contribution in [2.24, 2.45) is 0 Å². The Morgan fingerprint density at radius 1 is 0.865 bits per heavy atom. The highest BCUT2D eigenvalue weighted by Crippen LogP contribution is 2.37. The fourth-order valence-electron chi connectivity index (χ4n) is 4.18. The van der Waals surface area contributed by atoms with Gasteiger partial charge in [0.2, 0.25) is 0 Å². The minimum Gasteiger partial charge on any atom is -0.269 e. The molecule has 0 radical (unpaired) electrons. The van der Waals surface area contributed by atoms with E-state index in [1.54, 1.807) is 20.0 Å². The summed E-state index contributed by atoms with van der Waals surface area (Å²) in [6.45, 7) is 3.52. The molecule has 10 heteroatoms. The van der Waals surface area contributed by atoms with E-state index < -0.39 is 17.6 Å². The lowest BCUT2D eigenvalue weighted by Crippen LogP contribution is -2.06. The molecule has 6 nitrogen and oxygen atoms in total. The van der Waals surface area contributed by atoms with Gasteiger partial charge >= 0.3 is 6.18 Å². The van der Waals surface area contributed by atoms with Crippen molar-refractivity contribution in [3.8, 4) is 33.8 Å². The second kappa shape index (κ2) is 8.43. The highest BCUT2D eigenvalue weighted by molar-refractivity contribution is 5.89. The molecule has 5 aromatic rings. The minimum absolute atomic E-state index is 0.0776. The van der Waals surface area contributed by atoms with Crippen molar-refractivity contribution in [1.82, 2.24) is 29.7 Å². The van der Waals surface area contributed by atoms with Crippen LogP contribution < -0.4 is 0 Å². The van der Waals surface area contributed by atoms with Gasteiger partial charge in [0.15, 0.2) is 11.5 Å². The summed E-state index contributed by atoms with van der Waals surface area (Å²) in [6, 6.07) is 10.3. The second-order valence-electron chi connectivity index (χ2n) is 9.18. The highest BCUT2D eigenvalue weighted by atomic mass is 19.4. The van der Waals surface area contributed by atoms with Crippen LogP contribution in [0.25, 0.3) is 44.9 Å². The maximum absolute atomic E-state index is 15.0. The standard InChI is InChI=1S/C27H20F4N6/c1-14-15(2)34-26-24(33-14)23(21-9-6-19(11-22(21)28)27(29,30)31)35-25(36-26)17-5-3-4-16(10-17)18-12-32-37(13-18)20-7-8-20/h3-6,9-13,20H,7-8H2,1-2H3. The van der Waals surface area contributed by atoms with Crippen LogP contribution in [0.5, 0.6) is 0 Å². The van der Waals surface area contributed by atoms with E-state index in [1.165, 1.54) is 0 Å². The minimum atomic E-state index is -4.67. The number of nitrogens with zero attached hydrogens (tertiary/aromatic N) is 6. The van der Waals surface area contributed by atoms with E-state index in [4.69, 9.17) is 0 Å². The average molecular weight is 504 g/mol. The normalized spacial score (nSPS) is 13.9. The molecule has 186 valence electrons. The Bertz CT molecular complexity index is 1670. The molecule has 1 saturated carbocycles. The summed E-state index contributed by atoms with van der Waals surface area (Å²) in [5, 5.41) is 4.45. The quantitative estimate of drug-likeness (QED) is 0.254. The number of fused-ring (bicyclic) bond motifs is 1. The molecule has 0 aliphatic heterocycles. The first-order valence-corrected chi connectivity index (χ1v) is 11.7. The Kier molecular flexibility index (Phi) is 5.29. The van der Waals surface area contributed by atoms with Crippen LogP contribution in [0, 0.1) is 19.7 Å². The lowest BCUT2D eigenvalue weighted by Gasteiger charge is -2.12. The summed E-state index contributed by atoms with van der Waals surface area (Å²) in [7, 11) is 0. The van der Waals surface area contributed by atoms with E-state index in [-0.39, 0.29) is 28.2 Å². The van der Waals surface area contributed by atoms with Crippen LogP contribution in [-0.2, 0) is 6.18 Å². The molecular formula is C27H20F4N6. The van der Waals surface area contributed by atoms with Gasteiger partial charge in [0.1, 0.15) is 17.0 Å². The molecule has 0 saturated heterocycles. The lowest BCUT2D eigenvalue weighted by atomic mass is 10.0. The number of aryl methyl sites for hydroxylation is 2. The molecule has 0 bridgehead atoms. The van der Waals surface area contributed by atoms with Gasteiger partial charge in [-0.15, -0.1) is 0 Å². The van der Waals surface area contributed by atoms with Gasteiger partial charge in [-0.2, -0.15) is 18.3 Å². The Morgan fingerprint density at radius 2 is 1.62 bits per heavy atom. The van der Waals surface area contributed by atoms with E-state index in [0.29, 0.717) is 29.1 Å². The zero-order valence-corrected chi connectivity index (χ0v) is 19.9. The van der Waals surface area contributed by atoms with Gasteiger partial charge in [-0.3, -0.25) is 4.68 Å². The van der Waals surface area contributed by atoms with Crippen molar-refractivity contribution in [3.05, 3.63) is 77.6 Å². The maximum Gasteiger partial charge on any atom is 0.416 e.